The van der Waals surface area contributed by atoms with E-state index >= 15 is 0 Å². The number of imide groups is 1. The maximum Gasteiger partial charge on any atom is 0.338 e. The first kappa shape index (κ1) is 25.9. The molecular formula is C27H21Cl2N3O5. The molecule has 0 spiro atoms. The molecule has 1 aliphatic rings. The fourth-order valence-electron chi connectivity index (χ4n) is 3.61. The van der Waals surface area contributed by atoms with Crippen LogP contribution in [0, 0.1) is 6.92 Å². The molecule has 0 atom stereocenters. The lowest BCUT2D eigenvalue weighted by molar-refractivity contribution is -0.120. The van der Waals surface area contributed by atoms with Crippen LogP contribution in [0.2, 0.25) is 5.02 Å². The van der Waals surface area contributed by atoms with Crippen LogP contribution in [0.3, 0.4) is 0 Å². The van der Waals surface area contributed by atoms with Gasteiger partial charge in [0.1, 0.15) is 10.7 Å². The highest BCUT2D eigenvalue weighted by molar-refractivity contribution is 6.53. The summed E-state index contributed by atoms with van der Waals surface area (Å²) in [6.07, 6.45) is 0. The molecule has 0 saturated carbocycles. The van der Waals surface area contributed by atoms with E-state index in [2.05, 4.69) is 10.6 Å². The summed E-state index contributed by atoms with van der Waals surface area (Å²) < 4.78 is 4.99. The number of aryl methyl sites for hydroxylation is 1. The summed E-state index contributed by atoms with van der Waals surface area (Å²) in [4.78, 5) is 51.7. The van der Waals surface area contributed by atoms with Crippen LogP contribution in [-0.4, -0.2) is 30.3 Å². The minimum Gasteiger partial charge on any atom is -0.462 e. The second-order valence-electron chi connectivity index (χ2n) is 8.02. The Balaban J connectivity index is 1.54. The molecule has 3 amide bonds. The lowest BCUT2D eigenvalue weighted by Gasteiger charge is -2.16. The number of rotatable bonds is 7. The molecule has 0 radical (unpaired) electrons. The Hall–Kier alpha value is -4.14. The van der Waals surface area contributed by atoms with Crippen molar-refractivity contribution < 1.29 is 23.9 Å². The van der Waals surface area contributed by atoms with Crippen LogP contribution in [0.25, 0.3) is 0 Å². The summed E-state index contributed by atoms with van der Waals surface area (Å²) in [5.41, 5.74) is 2.34. The van der Waals surface area contributed by atoms with Crippen LogP contribution in [-0.2, 0) is 14.3 Å². The molecule has 3 aromatic rings. The number of halogens is 2. The zero-order valence-electron chi connectivity index (χ0n) is 19.8. The summed E-state index contributed by atoms with van der Waals surface area (Å²) >= 11 is 12.1. The molecule has 0 bridgehead atoms. The van der Waals surface area contributed by atoms with Gasteiger partial charge >= 0.3 is 5.97 Å². The molecule has 0 fully saturated rings. The Bertz CT molecular complexity index is 1450. The van der Waals surface area contributed by atoms with Crippen molar-refractivity contribution in [1.29, 1.82) is 0 Å². The van der Waals surface area contributed by atoms with Crippen molar-refractivity contribution in [2.75, 3.05) is 22.1 Å². The van der Waals surface area contributed by atoms with E-state index in [1.165, 1.54) is 6.07 Å². The third-order valence-electron chi connectivity index (χ3n) is 5.50. The number of carbonyl (C=O) groups excluding carboxylic acids is 4. The predicted octanol–water partition coefficient (Wildman–Crippen LogP) is 5.51. The van der Waals surface area contributed by atoms with Crippen molar-refractivity contribution in [1.82, 2.24) is 0 Å². The molecule has 1 aliphatic heterocycles. The third kappa shape index (κ3) is 5.50. The molecule has 8 nitrogen and oxygen atoms in total. The van der Waals surface area contributed by atoms with Gasteiger partial charge < -0.3 is 15.4 Å². The number of carbonyl (C=O) groups is 4. The van der Waals surface area contributed by atoms with Gasteiger partial charge in [0.25, 0.3) is 17.7 Å². The van der Waals surface area contributed by atoms with Crippen LogP contribution in [0.1, 0.15) is 33.2 Å². The van der Waals surface area contributed by atoms with E-state index in [0.717, 1.165) is 4.90 Å². The normalized spacial score (nSPS) is 13.1. The zero-order valence-corrected chi connectivity index (χ0v) is 21.3. The topological polar surface area (TPSA) is 105 Å². The van der Waals surface area contributed by atoms with Gasteiger partial charge in [0.15, 0.2) is 0 Å². The third-order valence-corrected chi connectivity index (χ3v) is 6.11. The van der Waals surface area contributed by atoms with Crippen molar-refractivity contribution in [3.63, 3.8) is 0 Å². The van der Waals surface area contributed by atoms with Crippen molar-refractivity contribution in [3.05, 3.63) is 99.2 Å². The van der Waals surface area contributed by atoms with Gasteiger partial charge in [-0.3, -0.25) is 14.4 Å². The van der Waals surface area contributed by atoms with E-state index in [4.69, 9.17) is 27.9 Å². The largest absolute Gasteiger partial charge is 0.462 e. The van der Waals surface area contributed by atoms with Crippen LogP contribution in [0.15, 0.2) is 77.5 Å². The van der Waals surface area contributed by atoms with E-state index in [-0.39, 0.29) is 22.9 Å². The highest BCUT2D eigenvalue weighted by Crippen LogP contribution is 2.31. The molecule has 188 valence electrons. The fourth-order valence-corrected chi connectivity index (χ4v) is 3.95. The van der Waals surface area contributed by atoms with Crippen molar-refractivity contribution >= 4 is 64.0 Å². The molecule has 10 heteroatoms. The number of nitrogens with zero attached hydrogens (tertiary/aromatic N) is 1. The number of ether oxygens (including phenoxy) is 1. The highest BCUT2D eigenvalue weighted by atomic mass is 35.5. The van der Waals surface area contributed by atoms with E-state index in [1.54, 1.807) is 74.5 Å². The summed E-state index contributed by atoms with van der Waals surface area (Å²) in [7, 11) is 0. The second kappa shape index (κ2) is 10.9. The van der Waals surface area contributed by atoms with Gasteiger partial charge in [0, 0.05) is 22.0 Å². The smallest absolute Gasteiger partial charge is 0.338 e. The van der Waals surface area contributed by atoms with E-state index in [9.17, 15) is 19.2 Å². The average Bonchev–Trinajstić information content (AvgIpc) is 3.09. The van der Waals surface area contributed by atoms with Gasteiger partial charge in [0.05, 0.1) is 17.9 Å². The minimum atomic E-state index is -0.676. The van der Waals surface area contributed by atoms with Gasteiger partial charge in [0.2, 0.25) is 0 Å². The number of esters is 1. The lowest BCUT2D eigenvalue weighted by Crippen LogP contribution is -2.32. The molecule has 37 heavy (non-hydrogen) atoms. The van der Waals surface area contributed by atoms with E-state index in [0.29, 0.717) is 33.2 Å². The fraction of sp³-hybridized carbons (Fsp3) is 0.111. The molecule has 3 aromatic carbocycles. The number of anilines is 3. The van der Waals surface area contributed by atoms with E-state index < -0.39 is 23.7 Å². The number of benzene rings is 3. The zero-order chi connectivity index (χ0) is 26.7. The molecule has 4 rings (SSSR count). The van der Waals surface area contributed by atoms with Gasteiger partial charge in [-0.25, -0.2) is 9.69 Å². The van der Waals surface area contributed by atoms with Gasteiger partial charge in [-0.2, -0.15) is 0 Å². The Morgan fingerprint density at radius 1 is 0.919 bits per heavy atom. The Morgan fingerprint density at radius 3 is 2.35 bits per heavy atom. The molecule has 0 saturated heterocycles. The van der Waals surface area contributed by atoms with Crippen LogP contribution >= 0.6 is 23.2 Å². The van der Waals surface area contributed by atoms with Gasteiger partial charge in [-0.05, 0) is 74.0 Å². The van der Waals surface area contributed by atoms with E-state index in [1.807, 2.05) is 0 Å². The second-order valence-corrected chi connectivity index (χ2v) is 8.84. The molecule has 1 heterocycles. The Morgan fingerprint density at radius 2 is 1.65 bits per heavy atom. The number of hydrogen-bond acceptors (Lipinski definition) is 6. The number of hydrogen-bond donors (Lipinski definition) is 2. The Kier molecular flexibility index (Phi) is 7.61. The van der Waals surface area contributed by atoms with Crippen molar-refractivity contribution in [2.24, 2.45) is 0 Å². The average molecular weight is 538 g/mol. The number of amides is 3. The first-order valence-electron chi connectivity index (χ1n) is 11.2. The van der Waals surface area contributed by atoms with Gasteiger partial charge in [-0.15, -0.1) is 0 Å². The van der Waals surface area contributed by atoms with Crippen LogP contribution < -0.4 is 15.5 Å². The SMILES string of the molecule is CCOC(=O)c1cccc(NC(=O)c2ccc(C)c(NC3=C(Cl)C(=O)N(c4ccc(Cl)cc4)C3=O)c2)c1. The molecule has 2 N–H and O–H groups in total. The standard InChI is InChI=1S/C27H21Cl2N3O5/c1-3-37-27(36)17-5-4-6-19(13-17)30-24(33)16-8-7-15(2)21(14-16)31-23-22(29)25(34)32(26(23)35)20-11-9-18(28)10-12-20/h4-14,31H,3H2,1-2H3,(H,30,33). The first-order valence-corrected chi connectivity index (χ1v) is 12.0. The maximum atomic E-state index is 13.1. The monoisotopic (exact) mass is 537 g/mol. The summed E-state index contributed by atoms with van der Waals surface area (Å²) in [6, 6.07) is 17.4. The van der Waals surface area contributed by atoms with Crippen molar-refractivity contribution in [3.8, 4) is 0 Å². The molecule has 0 aliphatic carbocycles. The van der Waals surface area contributed by atoms with Crippen LogP contribution in [0.4, 0.5) is 17.1 Å². The summed E-state index contributed by atoms with van der Waals surface area (Å²) in [6.45, 7) is 3.72. The van der Waals surface area contributed by atoms with Crippen LogP contribution in [0.5, 0.6) is 0 Å². The predicted molar refractivity (Wildman–Crippen MR) is 142 cm³/mol. The summed E-state index contributed by atoms with van der Waals surface area (Å²) in [5, 5.41) is 5.84. The molecule has 0 unspecified atom stereocenters. The first-order chi connectivity index (χ1) is 17.7. The summed E-state index contributed by atoms with van der Waals surface area (Å²) in [5.74, 6) is -2.25. The maximum absolute atomic E-state index is 13.1. The minimum absolute atomic E-state index is 0.107. The number of nitrogens with one attached hydrogen (secondary N) is 2. The quantitative estimate of drug-likeness (QED) is 0.304. The molecule has 0 aromatic heterocycles. The van der Waals surface area contributed by atoms with Gasteiger partial charge in [-0.1, -0.05) is 35.3 Å². The highest BCUT2D eigenvalue weighted by Gasteiger charge is 2.39. The lowest BCUT2D eigenvalue weighted by atomic mass is 10.1. The molecular weight excluding hydrogens is 517 g/mol. The van der Waals surface area contributed by atoms with Crippen molar-refractivity contribution in [2.45, 2.75) is 13.8 Å². The Labute approximate surface area is 222 Å².